The van der Waals surface area contributed by atoms with Gasteiger partial charge in [0, 0.05) is 37.4 Å². The van der Waals surface area contributed by atoms with Crippen LogP contribution in [0.4, 0.5) is 0 Å². The normalized spacial score (nSPS) is 11.6. The minimum absolute atomic E-state index is 0. The Morgan fingerprint density at radius 1 is 0.756 bits per heavy atom. The summed E-state index contributed by atoms with van der Waals surface area (Å²) in [4.78, 5) is 18.7. The van der Waals surface area contributed by atoms with Crippen LogP contribution >= 0.6 is 0 Å². The molecule has 202 valence electrons. The molecular weight excluding hydrogens is 706 g/mol. The Morgan fingerprint density at radius 3 is 2.41 bits per heavy atom. The Morgan fingerprint density at radius 2 is 1.59 bits per heavy atom. The Kier molecular flexibility index (Phi) is 7.02. The third-order valence-electron chi connectivity index (χ3n) is 6.95. The van der Waals surface area contributed by atoms with Gasteiger partial charge >= 0.3 is 21.1 Å². The van der Waals surface area contributed by atoms with Crippen molar-refractivity contribution in [1.29, 1.82) is 0 Å². The molecule has 0 spiro atoms. The van der Waals surface area contributed by atoms with Gasteiger partial charge in [-0.15, -0.1) is 41.5 Å². The summed E-state index contributed by atoms with van der Waals surface area (Å²) >= 11 is 0. The molecule has 41 heavy (non-hydrogen) atoms. The molecule has 0 bridgehead atoms. The average Bonchev–Trinajstić information content (AvgIpc) is 3.36. The Balaban J connectivity index is 0.00000302. The molecule has 0 N–H and O–H groups in total. The first-order valence-corrected chi connectivity index (χ1v) is 16.6. The first-order chi connectivity index (χ1) is 19.4. The van der Waals surface area contributed by atoms with Gasteiger partial charge in [-0.05, 0) is 29.6 Å². The molecule has 7 rings (SSSR count). The van der Waals surface area contributed by atoms with Gasteiger partial charge < -0.3 is 14.7 Å². The van der Waals surface area contributed by atoms with Crippen LogP contribution in [-0.2, 0) is 21.1 Å². The monoisotopic (exact) mass is 730 g/mol. The van der Waals surface area contributed by atoms with Crippen LogP contribution in [0.5, 0.6) is 11.5 Å². The zero-order valence-corrected chi connectivity index (χ0v) is 26.0. The molecule has 0 aliphatic heterocycles. The minimum atomic E-state index is -1.76. The van der Waals surface area contributed by atoms with Gasteiger partial charge in [0.15, 0.2) is 0 Å². The molecule has 0 saturated heterocycles. The molecule has 0 amide bonds. The van der Waals surface area contributed by atoms with Gasteiger partial charge in [0.05, 0.1) is 16.6 Å². The predicted molar refractivity (Wildman–Crippen MR) is 162 cm³/mol. The van der Waals surface area contributed by atoms with Crippen LogP contribution in [0.2, 0.25) is 19.6 Å². The predicted octanol–water partition coefficient (Wildman–Crippen LogP) is 7.10. The number of fused-ring (bicyclic) bond motifs is 5. The van der Waals surface area contributed by atoms with Crippen molar-refractivity contribution in [3.8, 4) is 34.0 Å². The second kappa shape index (κ2) is 10.7. The van der Waals surface area contributed by atoms with Crippen LogP contribution in [0, 0.1) is 12.1 Å². The molecule has 3 aromatic carbocycles. The Hall–Kier alpha value is -4.19. The molecule has 0 radical (unpaired) electrons. The van der Waals surface area contributed by atoms with E-state index < -0.39 is 8.07 Å². The van der Waals surface area contributed by atoms with Crippen LogP contribution in [0.25, 0.3) is 50.1 Å². The largest absolute Gasteiger partial charge is 2.00 e. The number of imidazole rings is 1. The van der Waals surface area contributed by atoms with Gasteiger partial charge in [0.25, 0.3) is 0 Å². The molecule has 0 atom stereocenters. The number of pyridine rings is 2. The van der Waals surface area contributed by atoms with Gasteiger partial charge in [-0.3, -0.25) is 4.40 Å². The summed E-state index contributed by atoms with van der Waals surface area (Å²) in [6.45, 7) is 6.91. The summed E-state index contributed by atoms with van der Waals surface area (Å²) in [7, 11) is -1.76. The Labute approximate surface area is 253 Å². The number of hydrogen-bond acceptors (Lipinski definition) is 5. The van der Waals surface area contributed by atoms with Gasteiger partial charge in [0.1, 0.15) is 12.0 Å². The fourth-order valence-corrected chi connectivity index (χ4v) is 6.31. The first kappa shape index (κ1) is 27.0. The van der Waals surface area contributed by atoms with E-state index in [2.05, 4.69) is 59.9 Å². The molecule has 7 aromatic rings. The molecule has 6 nitrogen and oxygen atoms in total. The quantitative estimate of drug-likeness (QED) is 0.140. The number of benzene rings is 3. The molecule has 8 heteroatoms. The fraction of sp³-hybridized carbons (Fsp3) is 0.0909. The maximum atomic E-state index is 6.50. The van der Waals surface area contributed by atoms with E-state index in [1.807, 2.05) is 71.4 Å². The molecule has 4 aromatic heterocycles. The van der Waals surface area contributed by atoms with Crippen molar-refractivity contribution in [2.24, 2.45) is 0 Å². The standard InChI is InChI=1S/C33H25N5OSi.Pt/c1-40(2,3)32-15-14-23(18-31(32)39-24-10-8-9-22(17-24)26-11-6-7-16-34-26)28-19-25-29(20-35-28)36-21-38-30-13-5-4-12-27(30)37-33(25)38;/h4-16,19-21H,1-3H3;/q-2;+2. The third-order valence-corrected chi connectivity index (χ3v) is 8.96. The van der Waals surface area contributed by atoms with Crippen molar-refractivity contribution in [1.82, 2.24) is 24.3 Å². The third kappa shape index (κ3) is 5.07. The SMILES string of the molecule is C[Si](C)(C)c1ccc(-c2cc3c(cn2)ncn2c4ccccc4nc32)[c-]c1Oc1[c-]c(-c2ccccn2)ccc1.[Pt+2]. The van der Waals surface area contributed by atoms with Crippen molar-refractivity contribution < 1.29 is 25.8 Å². The molecular formula is C33H25N5OPtSi. The van der Waals surface area contributed by atoms with Crippen LogP contribution in [0.3, 0.4) is 0 Å². The maximum Gasteiger partial charge on any atom is 2.00 e. The summed E-state index contributed by atoms with van der Waals surface area (Å²) in [5.41, 5.74) is 6.96. The topological polar surface area (TPSA) is 65.2 Å². The van der Waals surface area contributed by atoms with Crippen LogP contribution in [-0.4, -0.2) is 32.4 Å². The van der Waals surface area contributed by atoms with E-state index in [4.69, 9.17) is 14.7 Å². The summed E-state index contributed by atoms with van der Waals surface area (Å²) in [5, 5.41) is 2.11. The van der Waals surface area contributed by atoms with Crippen LogP contribution < -0.4 is 9.92 Å². The van der Waals surface area contributed by atoms with E-state index in [1.165, 1.54) is 5.19 Å². The van der Waals surface area contributed by atoms with E-state index in [-0.39, 0.29) is 21.1 Å². The smallest absolute Gasteiger partial charge is 0.496 e. The van der Waals surface area contributed by atoms with E-state index in [1.54, 1.807) is 12.4 Å². The molecule has 4 heterocycles. The summed E-state index contributed by atoms with van der Waals surface area (Å²) in [5.74, 6) is 1.33. The number of nitrogens with zero attached hydrogens (tertiary/aromatic N) is 5. The molecule has 0 aliphatic carbocycles. The zero-order chi connectivity index (χ0) is 27.3. The Bertz CT molecular complexity index is 2040. The summed E-state index contributed by atoms with van der Waals surface area (Å²) in [6.07, 6.45) is 5.39. The summed E-state index contributed by atoms with van der Waals surface area (Å²) < 4.78 is 8.52. The fourth-order valence-electron chi connectivity index (χ4n) is 4.93. The van der Waals surface area contributed by atoms with E-state index in [0.717, 1.165) is 50.1 Å². The number of para-hydroxylation sites is 2. The minimum Gasteiger partial charge on any atom is -0.496 e. The van der Waals surface area contributed by atoms with Crippen molar-refractivity contribution in [2.75, 3.05) is 0 Å². The maximum absolute atomic E-state index is 6.50. The van der Waals surface area contributed by atoms with Gasteiger partial charge in [-0.2, -0.15) is 0 Å². The molecule has 0 unspecified atom stereocenters. The number of rotatable bonds is 5. The summed E-state index contributed by atoms with van der Waals surface area (Å²) in [6, 6.07) is 33.0. The molecule has 0 saturated carbocycles. The van der Waals surface area contributed by atoms with Gasteiger partial charge in [0.2, 0.25) is 0 Å². The van der Waals surface area contributed by atoms with Crippen molar-refractivity contribution in [2.45, 2.75) is 19.6 Å². The number of hydrogen-bond donors (Lipinski definition) is 0. The van der Waals surface area contributed by atoms with Crippen molar-refractivity contribution in [3.05, 3.63) is 110 Å². The zero-order valence-electron chi connectivity index (χ0n) is 22.7. The second-order valence-electron chi connectivity index (χ2n) is 10.7. The van der Waals surface area contributed by atoms with Crippen LogP contribution in [0.1, 0.15) is 0 Å². The second-order valence-corrected chi connectivity index (χ2v) is 15.8. The van der Waals surface area contributed by atoms with Crippen LogP contribution in [0.15, 0.2) is 97.6 Å². The average molecular weight is 731 g/mol. The number of aromatic nitrogens is 5. The van der Waals surface area contributed by atoms with Crippen molar-refractivity contribution in [3.63, 3.8) is 0 Å². The van der Waals surface area contributed by atoms with Gasteiger partial charge in [-0.25, -0.2) is 9.97 Å². The van der Waals surface area contributed by atoms with Gasteiger partial charge in [-0.1, -0.05) is 67.3 Å². The first-order valence-electron chi connectivity index (χ1n) is 13.1. The van der Waals surface area contributed by atoms with Crippen molar-refractivity contribution >= 4 is 40.8 Å². The van der Waals surface area contributed by atoms with E-state index in [9.17, 15) is 0 Å². The van der Waals surface area contributed by atoms with E-state index >= 15 is 0 Å². The molecule has 0 fully saturated rings. The van der Waals surface area contributed by atoms with E-state index in [0.29, 0.717) is 11.5 Å². The molecule has 0 aliphatic rings. The number of ether oxygens (including phenoxy) is 1.